The molecule has 0 aliphatic rings. The topological polar surface area (TPSA) is 33.1 Å². The van der Waals surface area contributed by atoms with E-state index in [4.69, 9.17) is 5.11 Å². The van der Waals surface area contributed by atoms with Crippen LogP contribution < -0.4 is 0 Å². The number of rotatable bonds is 2. The summed E-state index contributed by atoms with van der Waals surface area (Å²) in [7, 11) is 0. The summed E-state index contributed by atoms with van der Waals surface area (Å²) < 4.78 is 0. The van der Waals surface area contributed by atoms with Crippen LogP contribution in [0.5, 0.6) is 0 Å². The Morgan fingerprint density at radius 3 is 3.00 bits per heavy atom. The Labute approximate surface area is 66.2 Å². The molecule has 1 aromatic rings. The highest BCUT2D eigenvalue weighted by Gasteiger charge is 1.96. The maximum atomic E-state index is 8.77. The summed E-state index contributed by atoms with van der Waals surface area (Å²) in [5.41, 5.74) is 2.75. The van der Waals surface area contributed by atoms with Gasteiger partial charge in [0.2, 0.25) is 0 Å². The van der Waals surface area contributed by atoms with Crippen molar-refractivity contribution in [1.82, 2.24) is 4.98 Å². The van der Waals surface area contributed by atoms with Crippen LogP contribution in [0, 0.1) is 6.92 Å². The van der Waals surface area contributed by atoms with Gasteiger partial charge in [0, 0.05) is 11.9 Å². The van der Waals surface area contributed by atoms with Gasteiger partial charge in [-0.15, -0.1) is 0 Å². The lowest BCUT2D eigenvalue weighted by atomic mass is 10.1. The zero-order chi connectivity index (χ0) is 8.27. The maximum Gasteiger partial charge on any atom is 0.0697 e. The first-order valence-electron chi connectivity index (χ1n) is 3.46. The highest BCUT2D eigenvalue weighted by Crippen LogP contribution is 2.08. The van der Waals surface area contributed by atoms with Crippen LogP contribution in [-0.2, 0) is 6.61 Å². The Morgan fingerprint density at radius 1 is 1.73 bits per heavy atom. The Kier molecular flexibility index (Phi) is 2.39. The molecule has 2 heteroatoms. The summed E-state index contributed by atoms with van der Waals surface area (Å²) in [6.45, 7) is 5.60. The van der Waals surface area contributed by atoms with E-state index in [0.29, 0.717) is 0 Å². The third-order valence-corrected chi connectivity index (χ3v) is 1.59. The van der Waals surface area contributed by atoms with Gasteiger partial charge in [-0.05, 0) is 24.1 Å². The third-order valence-electron chi connectivity index (χ3n) is 1.59. The van der Waals surface area contributed by atoms with Gasteiger partial charge >= 0.3 is 0 Å². The van der Waals surface area contributed by atoms with Crippen molar-refractivity contribution < 1.29 is 5.11 Å². The van der Waals surface area contributed by atoms with Gasteiger partial charge in [-0.2, -0.15) is 0 Å². The molecule has 0 saturated carbocycles. The Balaban J connectivity index is 3.12. The summed E-state index contributed by atoms with van der Waals surface area (Å²) in [6, 6.07) is 1.88. The van der Waals surface area contributed by atoms with E-state index < -0.39 is 0 Å². The Morgan fingerprint density at radius 2 is 2.45 bits per heavy atom. The fourth-order valence-electron chi connectivity index (χ4n) is 0.889. The van der Waals surface area contributed by atoms with Crippen LogP contribution in [0.4, 0.5) is 0 Å². The highest BCUT2D eigenvalue weighted by atomic mass is 16.3. The maximum absolute atomic E-state index is 8.77. The van der Waals surface area contributed by atoms with Crippen molar-refractivity contribution >= 4 is 6.08 Å². The standard InChI is InChI=1S/C9H11NO/c1-3-9-4-8(6-11)5-10-7(9)2/h3-5,11H,1,6H2,2H3. The minimum Gasteiger partial charge on any atom is -0.392 e. The van der Waals surface area contributed by atoms with Crippen molar-refractivity contribution in [1.29, 1.82) is 0 Å². The molecule has 0 unspecified atom stereocenters. The average molecular weight is 149 g/mol. The van der Waals surface area contributed by atoms with Crippen LogP contribution in [-0.4, -0.2) is 10.1 Å². The zero-order valence-electron chi connectivity index (χ0n) is 6.54. The number of hydrogen-bond donors (Lipinski definition) is 1. The summed E-state index contributed by atoms with van der Waals surface area (Å²) >= 11 is 0. The van der Waals surface area contributed by atoms with E-state index in [-0.39, 0.29) is 6.61 Å². The molecule has 0 atom stereocenters. The van der Waals surface area contributed by atoms with Crippen LogP contribution in [0.3, 0.4) is 0 Å². The number of hydrogen-bond acceptors (Lipinski definition) is 2. The Hall–Kier alpha value is -1.15. The van der Waals surface area contributed by atoms with Crippen molar-refractivity contribution in [2.75, 3.05) is 0 Å². The second kappa shape index (κ2) is 3.30. The smallest absolute Gasteiger partial charge is 0.0697 e. The molecule has 0 saturated heterocycles. The molecular formula is C9H11NO. The summed E-state index contributed by atoms with van der Waals surface area (Å²) in [6.07, 6.45) is 3.41. The largest absolute Gasteiger partial charge is 0.392 e. The predicted molar refractivity (Wildman–Crippen MR) is 45.0 cm³/mol. The van der Waals surface area contributed by atoms with E-state index in [1.54, 1.807) is 12.3 Å². The number of nitrogens with zero attached hydrogens (tertiary/aromatic N) is 1. The van der Waals surface area contributed by atoms with Gasteiger partial charge in [0.05, 0.1) is 6.61 Å². The lowest BCUT2D eigenvalue weighted by molar-refractivity contribution is 0.281. The first kappa shape index (κ1) is 7.95. The van der Waals surface area contributed by atoms with Crippen molar-refractivity contribution in [2.24, 2.45) is 0 Å². The van der Waals surface area contributed by atoms with E-state index in [2.05, 4.69) is 11.6 Å². The van der Waals surface area contributed by atoms with Crippen molar-refractivity contribution in [3.05, 3.63) is 35.7 Å². The van der Waals surface area contributed by atoms with Crippen LogP contribution in [0.25, 0.3) is 6.08 Å². The van der Waals surface area contributed by atoms with Gasteiger partial charge in [-0.25, -0.2) is 0 Å². The van der Waals surface area contributed by atoms with E-state index in [1.165, 1.54) is 0 Å². The first-order valence-corrected chi connectivity index (χ1v) is 3.46. The lowest BCUT2D eigenvalue weighted by Gasteiger charge is -2.00. The van der Waals surface area contributed by atoms with Gasteiger partial charge in [-0.3, -0.25) is 4.98 Å². The molecular weight excluding hydrogens is 138 g/mol. The minimum atomic E-state index is 0.0358. The van der Waals surface area contributed by atoms with E-state index in [9.17, 15) is 0 Å². The summed E-state index contributed by atoms with van der Waals surface area (Å²) in [5.74, 6) is 0. The molecule has 0 aromatic carbocycles. The molecule has 11 heavy (non-hydrogen) atoms. The normalized spacial score (nSPS) is 9.64. The highest BCUT2D eigenvalue weighted by molar-refractivity contribution is 5.50. The Bertz CT molecular complexity index is 268. The fourth-order valence-corrected chi connectivity index (χ4v) is 0.889. The van der Waals surface area contributed by atoms with E-state index in [0.717, 1.165) is 16.8 Å². The van der Waals surface area contributed by atoms with Gasteiger partial charge in [0.15, 0.2) is 0 Å². The second-order valence-electron chi connectivity index (χ2n) is 2.38. The van der Waals surface area contributed by atoms with Gasteiger partial charge in [0.25, 0.3) is 0 Å². The lowest BCUT2D eigenvalue weighted by Crippen LogP contribution is -1.90. The average Bonchev–Trinajstić information content (AvgIpc) is 2.05. The first-order chi connectivity index (χ1) is 5.27. The number of aryl methyl sites for hydroxylation is 1. The third kappa shape index (κ3) is 1.65. The minimum absolute atomic E-state index is 0.0358. The summed E-state index contributed by atoms with van der Waals surface area (Å²) in [5, 5.41) is 8.77. The molecule has 0 bridgehead atoms. The predicted octanol–water partition coefficient (Wildman–Crippen LogP) is 1.53. The molecule has 1 rings (SSSR count). The molecule has 1 N–H and O–H groups in total. The SMILES string of the molecule is C=Cc1cc(CO)cnc1C. The molecule has 1 aromatic heterocycles. The van der Waals surface area contributed by atoms with Gasteiger partial charge in [-0.1, -0.05) is 12.7 Å². The fraction of sp³-hybridized carbons (Fsp3) is 0.222. The number of aromatic nitrogens is 1. The van der Waals surface area contributed by atoms with E-state index >= 15 is 0 Å². The molecule has 0 radical (unpaired) electrons. The molecule has 1 heterocycles. The van der Waals surface area contributed by atoms with Crippen molar-refractivity contribution in [3.8, 4) is 0 Å². The van der Waals surface area contributed by atoms with Crippen molar-refractivity contribution in [2.45, 2.75) is 13.5 Å². The molecule has 0 fully saturated rings. The number of aliphatic hydroxyl groups excluding tert-OH is 1. The monoisotopic (exact) mass is 149 g/mol. The number of pyridine rings is 1. The van der Waals surface area contributed by atoms with Gasteiger partial charge in [0.1, 0.15) is 0 Å². The van der Waals surface area contributed by atoms with Crippen LogP contribution in [0.2, 0.25) is 0 Å². The molecule has 0 amide bonds. The second-order valence-corrected chi connectivity index (χ2v) is 2.38. The van der Waals surface area contributed by atoms with E-state index in [1.807, 2.05) is 13.0 Å². The number of aliphatic hydroxyl groups is 1. The van der Waals surface area contributed by atoms with Crippen molar-refractivity contribution in [3.63, 3.8) is 0 Å². The zero-order valence-corrected chi connectivity index (χ0v) is 6.54. The van der Waals surface area contributed by atoms with Crippen LogP contribution in [0.15, 0.2) is 18.8 Å². The summed E-state index contributed by atoms with van der Waals surface area (Å²) in [4.78, 5) is 4.09. The van der Waals surface area contributed by atoms with Crippen LogP contribution in [0.1, 0.15) is 16.8 Å². The van der Waals surface area contributed by atoms with Crippen LogP contribution >= 0.6 is 0 Å². The molecule has 0 aliphatic heterocycles. The van der Waals surface area contributed by atoms with Gasteiger partial charge < -0.3 is 5.11 Å². The quantitative estimate of drug-likeness (QED) is 0.691. The molecule has 58 valence electrons. The molecule has 0 aliphatic carbocycles. The molecule has 2 nitrogen and oxygen atoms in total. The molecule has 0 spiro atoms.